The minimum absolute atomic E-state index is 0.128. The lowest BCUT2D eigenvalue weighted by molar-refractivity contribution is -0.113. The van der Waals surface area contributed by atoms with E-state index in [1.54, 1.807) is 18.2 Å². The molecule has 0 saturated carbocycles. The number of hydrogen-bond acceptors (Lipinski definition) is 5. The fraction of sp³-hybridized carbons (Fsp3) is 0.0667. The molecule has 2 aromatic carbocycles. The van der Waals surface area contributed by atoms with Crippen LogP contribution >= 0.6 is 27.3 Å². The second-order valence-electron chi connectivity index (χ2n) is 4.75. The lowest BCUT2D eigenvalue weighted by Gasteiger charge is -2.04. The first kappa shape index (κ1) is 16.1. The first-order chi connectivity index (χ1) is 10.9. The molecule has 3 aromatic rings. The standard InChI is InChI=1S/C15H11BrN2O3S2/c16-10-6-7-12-13(8-10)22-15(17-12)18-14(19)9-23(20,21)11-4-2-1-3-5-11/h1-8H,9H2,(H,17,18,19). The van der Waals surface area contributed by atoms with Gasteiger partial charge in [-0.25, -0.2) is 13.4 Å². The second kappa shape index (κ2) is 6.38. The first-order valence-electron chi connectivity index (χ1n) is 6.58. The number of halogens is 1. The van der Waals surface area contributed by atoms with Crippen LogP contribution in [0.1, 0.15) is 0 Å². The van der Waals surface area contributed by atoms with Crippen LogP contribution < -0.4 is 5.32 Å². The van der Waals surface area contributed by atoms with Gasteiger partial charge in [0.2, 0.25) is 5.91 Å². The van der Waals surface area contributed by atoms with E-state index in [-0.39, 0.29) is 4.90 Å². The molecule has 0 aliphatic rings. The van der Waals surface area contributed by atoms with Crippen LogP contribution in [0.3, 0.4) is 0 Å². The van der Waals surface area contributed by atoms with Gasteiger partial charge in [-0.1, -0.05) is 45.5 Å². The van der Waals surface area contributed by atoms with Crippen molar-refractivity contribution in [3.8, 4) is 0 Å². The van der Waals surface area contributed by atoms with Gasteiger partial charge in [0.15, 0.2) is 15.0 Å². The molecule has 0 bridgehead atoms. The van der Waals surface area contributed by atoms with Crippen LogP contribution in [-0.2, 0) is 14.6 Å². The third kappa shape index (κ3) is 3.77. The Morgan fingerprint density at radius 1 is 1.17 bits per heavy atom. The Bertz CT molecular complexity index is 969. The zero-order chi connectivity index (χ0) is 16.4. The van der Waals surface area contributed by atoms with Gasteiger partial charge in [0.1, 0.15) is 5.75 Å². The quantitative estimate of drug-likeness (QED) is 0.714. The molecule has 1 N–H and O–H groups in total. The number of benzene rings is 2. The highest BCUT2D eigenvalue weighted by Crippen LogP contribution is 2.28. The Kier molecular flexibility index (Phi) is 4.47. The van der Waals surface area contributed by atoms with Gasteiger partial charge in [0.25, 0.3) is 0 Å². The van der Waals surface area contributed by atoms with Gasteiger partial charge in [0, 0.05) is 4.47 Å². The van der Waals surface area contributed by atoms with Gasteiger partial charge in [-0.3, -0.25) is 4.79 Å². The molecule has 0 atom stereocenters. The van der Waals surface area contributed by atoms with Crippen LogP contribution in [0.15, 0.2) is 57.9 Å². The summed E-state index contributed by atoms with van der Waals surface area (Å²) in [6, 6.07) is 13.5. The van der Waals surface area contributed by atoms with Crippen LogP contribution in [0.4, 0.5) is 5.13 Å². The molecule has 0 spiro atoms. The highest BCUT2D eigenvalue weighted by molar-refractivity contribution is 9.10. The number of fused-ring (bicyclic) bond motifs is 1. The first-order valence-corrected chi connectivity index (χ1v) is 9.84. The molecule has 3 rings (SSSR count). The molecule has 0 saturated heterocycles. The van der Waals surface area contributed by atoms with Crippen LogP contribution in [-0.4, -0.2) is 25.1 Å². The molecule has 118 valence electrons. The Morgan fingerprint density at radius 3 is 2.65 bits per heavy atom. The predicted octanol–water partition coefficient (Wildman–Crippen LogP) is 3.47. The van der Waals surface area contributed by atoms with E-state index in [9.17, 15) is 13.2 Å². The molecular formula is C15H11BrN2O3S2. The number of nitrogens with zero attached hydrogens (tertiary/aromatic N) is 1. The van der Waals surface area contributed by atoms with Crippen molar-refractivity contribution >= 4 is 58.4 Å². The molecule has 23 heavy (non-hydrogen) atoms. The molecule has 0 radical (unpaired) electrons. The summed E-state index contributed by atoms with van der Waals surface area (Å²) in [5, 5.41) is 2.93. The molecule has 0 unspecified atom stereocenters. The van der Waals surface area contributed by atoms with Crippen LogP contribution in [0, 0.1) is 0 Å². The van der Waals surface area contributed by atoms with Crippen molar-refractivity contribution in [2.24, 2.45) is 0 Å². The number of aromatic nitrogens is 1. The number of anilines is 1. The van der Waals surface area contributed by atoms with E-state index in [4.69, 9.17) is 0 Å². The zero-order valence-electron chi connectivity index (χ0n) is 11.7. The summed E-state index contributed by atoms with van der Waals surface area (Å²) < 4.78 is 26.1. The fourth-order valence-electron chi connectivity index (χ4n) is 1.99. The second-order valence-corrected chi connectivity index (χ2v) is 8.69. The molecule has 5 nitrogen and oxygen atoms in total. The number of rotatable bonds is 4. The summed E-state index contributed by atoms with van der Waals surface area (Å²) in [6.45, 7) is 0. The van der Waals surface area contributed by atoms with E-state index in [0.717, 1.165) is 14.7 Å². The van der Waals surface area contributed by atoms with Crippen LogP contribution in [0.2, 0.25) is 0 Å². The minimum atomic E-state index is -3.66. The van der Waals surface area contributed by atoms with Crippen molar-refractivity contribution in [3.05, 3.63) is 53.0 Å². The van der Waals surface area contributed by atoms with Crippen molar-refractivity contribution in [1.29, 1.82) is 0 Å². The predicted molar refractivity (Wildman–Crippen MR) is 94.4 cm³/mol. The number of nitrogens with one attached hydrogen (secondary N) is 1. The average molecular weight is 411 g/mol. The molecule has 0 aliphatic carbocycles. The number of carbonyl (C=O) groups excluding carboxylic acids is 1. The highest BCUT2D eigenvalue weighted by atomic mass is 79.9. The molecule has 0 fully saturated rings. The number of amides is 1. The maximum atomic E-state index is 12.2. The van der Waals surface area contributed by atoms with Gasteiger partial charge in [0.05, 0.1) is 15.1 Å². The Labute approximate surface area is 145 Å². The van der Waals surface area contributed by atoms with Crippen LogP contribution in [0.5, 0.6) is 0 Å². The van der Waals surface area contributed by atoms with E-state index in [1.807, 2.05) is 18.2 Å². The lowest BCUT2D eigenvalue weighted by atomic mass is 10.3. The van der Waals surface area contributed by atoms with E-state index in [1.165, 1.54) is 23.5 Å². The van der Waals surface area contributed by atoms with E-state index in [2.05, 4.69) is 26.2 Å². The summed E-state index contributed by atoms with van der Waals surface area (Å²) in [7, 11) is -3.66. The molecule has 8 heteroatoms. The van der Waals surface area contributed by atoms with Crippen LogP contribution in [0.25, 0.3) is 10.2 Å². The smallest absolute Gasteiger partial charge is 0.241 e. The fourth-order valence-corrected chi connectivity index (χ4v) is 4.58. The van der Waals surface area contributed by atoms with E-state index < -0.39 is 21.5 Å². The number of hydrogen-bond donors (Lipinski definition) is 1. The van der Waals surface area contributed by atoms with Crippen molar-refractivity contribution in [2.75, 3.05) is 11.1 Å². The average Bonchev–Trinajstić information content (AvgIpc) is 2.88. The van der Waals surface area contributed by atoms with Gasteiger partial charge in [-0.15, -0.1) is 0 Å². The summed E-state index contributed by atoms with van der Waals surface area (Å²) in [6.07, 6.45) is 0. The third-order valence-corrected chi connectivity index (χ3v) is 6.08. The van der Waals surface area contributed by atoms with Gasteiger partial charge >= 0.3 is 0 Å². The Balaban J connectivity index is 1.76. The molecule has 1 amide bonds. The highest BCUT2D eigenvalue weighted by Gasteiger charge is 2.20. The lowest BCUT2D eigenvalue weighted by Crippen LogP contribution is -2.22. The summed E-state index contributed by atoms with van der Waals surface area (Å²) in [4.78, 5) is 16.4. The Hall–Kier alpha value is -1.77. The topological polar surface area (TPSA) is 76.1 Å². The molecule has 1 heterocycles. The van der Waals surface area contributed by atoms with Crippen molar-refractivity contribution in [3.63, 3.8) is 0 Å². The van der Waals surface area contributed by atoms with E-state index >= 15 is 0 Å². The maximum Gasteiger partial charge on any atom is 0.241 e. The van der Waals surface area contributed by atoms with Gasteiger partial charge < -0.3 is 5.32 Å². The Morgan fingerprint density at radius 2 is 1.91 bits per heavy atom. The maximum absolute atomic E-state index is 12.2. The van der Waals surface area contributed by atoms with Gasteiger partial charge in [-0.05, 0) is 30.3 Å². The van der Waals surface area contributed by atoms with Crippen molar-refractivity contribution in [2.45, 2.75) is 4.90 Å². The largest absolute Gasteiger partial charge is 0.301 e. The normalized spacial score (nSPS) is 11.5. The molecular weight excluding hydrogens is 400 g/mol. The minimum Gasteiger partial charge on any atom is -0.301 e. The SMILES string of the molecule is O=C(CS(=O)(=O)c1ccccc1)Nc1nc2ccc(Br)cc2s1. The van der Waals surface area contributed by atoms with Crippen molar-refractivity contribution < 1.29 is 13.2 Å². The monoisotopic (exact) mass is 410 g/mol. The van der Waals surface area contributed by atoms with Gasteiger partial charge in [-0.2, -0.15) is 0 Å². The van der Waals surface area contributed by atoms with E-state index in [0.29, 0.717) is 5.13 Å². The number of sulfone groups is 1. The summed E-state index contributed by atoms with van der Waals surface area (Å²) in [5.74, 6) is -1.22. The summed E-state index contributed by atoms with van der Waals surface area (Å²) in [5.41, 5.74) is 0.749. The molecule has 0 aliphatic heterocycles. The third-order valence-electron chi connectivity index (χ3n) is 3.02. The number of thiazole rings is 1. The van der Waals surface area contributed by atoms with Crippen molar-refractivity contribution in [1.82, 2.24) is 4.98 Å². The number of carbonyl (C=O) groups is 1. The zero-order valence-corrected chi connectivity index (χ0v) is 14.9. The summed E-state index contributed by atoms with van der Waals surface area (Å²) >= 11 is 4.66. The molecule has 1 aromatic heterocycles.